The summed E-state index contributed by atoms with van der Waals surface area (Å²) in [6, 6.07) is 9.64. The molecule has 0 bridgehead atoms. The van der Waals surface area contributed by atoms with Crippen molar-refractivity contribution in [2.75, 3.05) is 19.6 Å². The molecule has 4 aliphatic heterocycles. The van der Waals surface area contributed by atoms with Gasteiger partial charge in [-0.2, -0.15) is 0 Å². The number of imide groups is 2. The van der Waals surface area contributed by atoms with Gasteiger partial charge in [-0.3, -0.25) is 29.0 Å². The van der Waals surface area contributed by atoms with Crippen molar-refractivity contribution < 1.29 is 28.7 Å². The summed E-state index contributed by atoms with van der Waals surface area (Å²) in [7, 11) is 0. The number of nitrogens with two attached hydrogens (primary N) is 1. The van der Waals surface area contributed by atoms with Gasteiger partial charge in [0.15, 0.2) is 0 Å². The third-order valence-electron chi connectivity index (χ3n) is 8.31. The first-order chi connectivity index (χ1) is 19.3. The van der Waals surface area contributed by atoms with Crippen molar-refractivity contribution in [2.45, 2.75) is 44.7 Å². The quantitative estimate of drug-likeness (QED) is 0.352. The van der Waals surface area contributed by atoms with Crippen molar-refractivity contribution >= 4 is 29.7 Å². The third-order valence-corrected chi connectivity index (χ3v) is 8.31. The average Bonchev–Trinajstić information content (AvgIpc) is 3.63. The van der Waals surface area contributed by atoms with E-state index in [2.05, 4.69) is 6.58 Å². The van der Waals surface area contributed by atoms with E-state index < -0.39 is 48.1 Å². The van der Waals surface area contributed by atoms with Gasteiger partial charge < -0.3 is 15.2 Å². The first kappa shape index (κ1) is 28.1. The number of fused-ring (bicyclic) bond motifs is 2. The number of amides is 4. The lowest BCUT2D eigenvalue weighted by molar-refractivity contribution is -0.144. The van der Waals surface area contributed by atoms with E-state index in [4.69, 9.17) is 15.2 Å². The minimum absolute atomic E-state index is 0.148. The summed E-state index contributed by atoms with van der Waals surface area (Å²) in [5, 5.41) is 0. The summed E-state index contributed by atoms with van der Waals surface area (Å²) in [6.45, 7) is 8.61. The van der Waals surface area contributed by atoms with E-state index in [1.165, 1.54) is 9.80 Å². The fourth-order valence-electron chi connectivity index (χ4n) is 6.28. The van der Waals surface area contributed by atoms with E-state index in [1.807, 2.05) is 56.3 Å². The molecule has 4 saturated heterocycles. The van der Waals surface area contributed by atoms with Crippen LogP contribution in [0.15, 0.2) is 61.2 Å². The van der Waals surface area contributed by atoms with Crippen molar-refractivity contribution in [1.82, 2.24) is 9.80 Å². The molecule has 0 spiro atoms. The molecule has 2 N–H and O–H groups in total. The van der Waals surface area contributed by atoms with Crippen LogP contribution in [-0.4, -0.2) is 77.5 Å². The Hall–Kier alpha value is -3.40. The molecule has 5 rings (SSSR count). The Labute approximate surface area is 234 Å². The molecular weight excluding hydrogens is 510 g/mol. The lowest BCUT2D eigenvalue weighted by atomic mass is 9.87. The molecular formula is C31H37N3O6. The molecule has 0 saturated carbocycles. The van der Waals surface area contributed by atoms with Gasteiger partial charge in [-0.05, 0) is 17.9 Å². The van der Waals surface area contributed by atoms with Gasteiger partial charge >= 0.3 is 0 Å². The molecule has 4 aliphatic rings. The summed E-state index contributed by atoms with van der Waals surface area (Å²) in [5.41, 5.74) is 6.63. The molecule has 212 valence electrons. The molecule has 40 heavy (non-hydrogen) atoms. The van der Waals surface area contributed by atoms with Crippen LogP contribution < -0.4 is 5.73 Å². The maximum Gasteiger partial charge on any atom is 0.236 e. The molecule has 4 fully saturated rings. The molecule has 0 aromatic heterocycles. The zero-order chi connectivity index (χ0) is 28.6. The van der Waals surface area contributed by atoms with E-state index in [0.717, 1.165) is 12.0 Å². The number of nitrogens with zero attached hydrogens (tertiary/aromatic N) is 2. The fraction of sp³-hybridized carbons (Fsp3) is 0.484. The third kappa shape index (κ3) is 4.98. The van der Waals surface area contributed by atoms with Crippen LogP contribution in [0.1, 0.15) is 25.8 Å². The van der Waals surface area contributed by atoms with E-state index in [1.54, 1.807) is 18.2 Å². The van der Waals surface area contributed by atoms with Gasteiger partial charge in [0.2, 0.25) is 23.6 Å². The van der Waals surface area contributed by atoms with Gasteiger partial charge in [0, 0.05) is 19.6 Å². The van der Waals surface area contributed by atoms with E-state index >= 15 is 0 Å². The number of hydrogen-bond acceptors (Lipinski definition) is 7. The van der Waals surface area contributed by atoms with Crippen LogP contribution in [0.4, 0.5) is 0 Å². The first-order valence-corrected chi connectivity index (χ1v) is 14.0. The van der Waals surface area contributed by atoms with Crippen LogP contribution >= 0.6 is 0 Å². The molecule has 0 aliphatic carbocycles. The summed E-state index contributed by atoms with van der Waals surface area (Å²) < 4.78 is 12.3. The highest BCUT2D eigenvalue weighted by Crippen LogP contribution is 2.44. The van der Waals surface area contributed by atoms with Gasteiger partial charge in [-0.15, -0.1) is 6.58 Å². The normalized spacial score (nSPS) is 33.8. The van der Waals surface area contributed by atoms with Crippen LogP contribution in [0.2, 0.25) is 0 Å². The van der Waals surface area contributed by atoms with Crippen LogP contribution in [0.25, 0.3) is 6.08 Å². The highest BCUT2D eigenvalue weighted by molar-refractivity contribution is 6.07. The monoisotopic (exact) mass is 547 g/mol. The van der Waals surface area contributed by atoms with Gasteiger partial charge in [0.1, 0.15) is 0 Å². The molecule has 4 heterocycles. The van der Waals surface area contributed by atoms with Crippen LogP contribution in [0, 0.1) is 29.6 Å². The second kappa shape index (κ2) is 11.6. The Balaban J connectivity index is 1.39. The van der Waals surface area contributed by atoms with Crippen molar-refractivity contribution in [3.8, 4) is 0 Å². The number of carbonyl (C=O) groups is 4. The minimum Gasteiger partial charge on any atom is -0.365 e. The minimum atomic E-state index is -0.712. The topological polar surface area (TPSA) is 119 Å². The summed E-state index contributed by atoms with van der Waals surface area (Å²) in [6.07, 6.45) is 6.84. The summed E-state index contributed by atoms with van der Waals surface area (Å²) in [5.74, 6) is -3.40. The number of ether oxygens (including phenoxy) is 2. The molecule has 1 aromatic rings. The Morgan fingerprint density at radius 3 is 1.75 bits per heavy atom. The van der Waals surface area contributed by atoms with Gasteiger partial charge in [-0.1, -0.05) is 74.6 Å². The highest BCUT2D eigenvalue weighted by atomic mass is 16.5. The Morgan fingerprint density at radius 2 is 1.25 bits per heavy atom. The first-order valence-electron chi connectivity index (χ1n) is 14.0. The van der Waals surface area contributed by atoms with Gasteiger partial charge in [0.05, 0.1) is 48.1 Å². The average molecular weight is 548 g/mol. The summed E-state index contributed by atoms with van der Waals surface area (Å²) >= 11 is 0. The van der Waals surface area contributed by atoms with Gasteiger partial charge in [-0.25, -0.2) is 0 Å². The Bertz CT molecular complexity index is 1230. The second-order valence-corrected chi connectivity index (χ2v) is 11.3. The largest absolute Gasteiger partial charge is 0.365 e. The number of rotatable bonds is 10. The molecule has 9 heteroatoms. The van der Waals surface area contributed by atoms with Crippen molar-refractivity contribution in [3.05, 3.63) is 66.8 Å². The van der Waals surface area contributed by atoms with Crippen LogP contribution in [0.3, 0.4) is 0 Å². The van der Waals surface area contributed by atoms with Crippen molar-refractivity contribution in [2.24, 2.45) is 35.3 Å². The predicted octanol–water partition coefficient (Wildman–Crippen LogP) is 2.18. The lowest BCUT2D eigenvalue weighted by Gasteiger charge is -2.21. The lowest BCUT2D eigenvalue weighted by Crippen LogP contribution is -2.38. The molecule has 8 atom stereocenters. The highest BCUT2D eigenvalue weighted by Gasteiger charge is 2.60. The number of hydrogen-bond donors (Lipinski definition) is 1. The molecule has 1 unspecified atom stereocenters. The second-order valence-electron chi connectivity index (χ2n) is 11.3. The maximum absolute atomic E-state index is 13.3. The van der Waals surface area contributed by atoms with Crippen LogP contribution in [-0.2, 0) is 28.7 Å². The zero-order valence-electron chi connectivity index (χ0n) is 22.9. The number of likely N-dealkylation sites (tertiary alicyclic amines) is 2. The zero-order valence-corrected chi connectivity index (χ0v) is 22.9. The molecule has 1 aromatic carbocycles. The molecule has 0 radical (unpaired) electrons. The van der Waals surface area contributed by atoms with E-state index in [9.17, 15) is 19.2 Å². The SMILES string of the molecule is C=C[C@H]1OC(/C=C\[C@H]2O[C@@H](/C=C/c3ccccc3)[C@@H]3C(=O)N(CCN)C(=O)[C@@H]32)[C@@H]2C(=O)N(CCC(C)C)C(=O)[C@H]12. The Kier molecular flexibility index (Phi) is 8.16. The maximum atomic E-state index is 13.3. The van der Waals surface area contributed by atoms with E-state index in [-0.39, 0.29) is 36.7 Å². The Morgan fingerprint density at radius 1 is 0.775 bits per heavy atom. The predicted molar refractivity (Wildman–Crippen MR) is 148 cm³/mol. The fourth-order valence-corrected chi connectivity index (χ4v) is 6.28. The number of carbonyl (C=O) groups excluding carboxylic acids is 4. The van der Waals surface area contributed by atoms with Crippen LogP contribution in [0.5, 0.6) is 0 Å². The summed E-state index contributed by atoms with van der Waals surface area (Å²) in [4.78, 5) is 55.7. The molecule has 9 nitrogen and oxygen atoms in total. The van der Waals surface area contributed by atoms with Crippen molar-refractivity contribution in [1.29, 1.82) is 0 Å². The van der Waals surface area contributed by atoms with Crippen molar-refractivity contribution in [3.63, 3.8) is 0 Å². The number of benzene rings is 1. The van der Waals surface area contributed by atoms with E-state index in [0.29, 0.717) is 12.5 Å². The standard InChI is InChI=1S/C31H37N3O6/c1-4-20-24-25(29(36)33(28(24)35)16-14-18(2)3)22(39-20)12-13-23-27-26(30(37)34(17-15-32)31(27)38)21(40-23)11-10-19-8-6-5-7-9-19/h4-13,18,20-27H,1,14-17,32H2,2-3H3/b11-10+,13-12-/t20-,21+,22?,23-,24-,25+,26+,27-/m1/s1. The van der Waals surface area contributed by atoms with Gasteiger partial charge in [0.25, 0.3) is 0 Å². The molecule has 4 amide bonds. The smallest absolute Gasteiger partial charge is 0.236 e.